The number of rotatable bonds is 4. The summed E-state index contributed by atoms with van der Waals surface area (Å²) in [5.41, 5.74) is 0.232. The second-order valence-electron chi connectivity index (χ2n) is 3.16. The van der Waals surface area contributed by atoms with Crippen molar-refractivity contribution in [2.45, 2.75) is 6.42 Å². The van der Waals surface area contributed by atoms with E-state index in [0.29, 0.717) is 12.1 Å². The molecule has 0 aliphatic carbocycles. The number of amides is 1. The topological polar surface area (TPSA) is 51.1 Å². The Morgan fingerprint density at radius 2 is 2.33 bits per heavy atom. The zero-order valence-electron chi connectivity index (χ0n) is 8.50. The van der Waals surface area contributed by atoms with Crippen molar-refractivity contribution in [3.63, 3.8) is 0 Å². The Morgan fingerprint density at radius 3 is 2.93 bits per heavy atom. The van der Waals surface area contributed by atoms with E-state index in [9.17, 15) is 9.59 Å². The molecule has 1 N–H and O–H groups in total. The molecule has 0 spiro atoms. The van der Waals surface area contributed by atoms with Gasteiger partial charge >= 0.3 is 0 Å². The minimum absolute atomic E-state index is 0.178. The lowest BCUT2D eigenvalue weighted by Crippen LogP contribution is -2.27. The first-order valence-electron chi connectivity index (χ1n) is 4.66. The van der Waals surface area contributed by atoms with Crippen LogP contribution >= 0.6 is 15.9 Å². The predicted molar refractivity (Wildman–Crippen MR) is 62.4 cm³/mol. The van der Waals surface area contributed by atoms with Crippen LogP contribution in [0.4, 0.5) is 0 Å². The smallest absolute Gasteiger partial charge is 0.251 e. The van der Waals surface area contributed by atoms with Crippen molar-refractivity contribution in [2.24, 2.45) is 7.05 Å². The maximum Gasteiger partial charge on any atom is 0.251 e. The minimum Gasteiger partial charge on any atom is -0.352 e. The average molecular weight is 273 g/mol. The first-order chi connectivity index (χ1) is 7.15. The lowest BCUT2D eigenvalue weighted by atomic mass is 10.2. The highest BCUT2D eigenvalue weighted by atomic mass is 79.9. The first-order valence-corrected chi connectivity index (χ1v) is 5.78. The molecule has 0 unspecified atom stereocenters. The number of nitrogens with one attached hydrogen (secondary N) is 1. The Morgan fingerprint density at radius 1 is 1.60 bits per heavy atom. The van der Waals surface area contributed by atoms with Gasteiger partial charge in [0.25, 0.3) is 11.5 Å². The van der Waals surface area contributed by atoms with Crippen LogP contribution in [0.5, 0.6) is 0 Å². The summed E-state index contributed by atoms with van der Waals surface area (Å²) in [6.45, 7) is 0.610. The molecule has 0 fully saturated rings. The summed E-state index contributed by atoms with van der Waals surface area (Å²) in [6.07, 6.45) is 2.46. The number of carbonyl (C=O) groups is 1. The zero-order valence-corrected chi connectivity index (χ0v) is 10.1. The highest BCUT2D eigenvalue weighted by Crippen LogP contribution is 1.94. The molecule has 0 saturated heterocycles. The zero-order chi connectivity index (χ0) is 11.3. The molecule has 1 heterocycles. The third kappa shape index (κ3) is 3.51. The lowest BCUT2D eigenvalue weighted by molar-refractivity contribution is 0.0953. The summed E-state index contributed by atoms with van der Waals surface area (Å²) >= 11 is 3.27. The van der Waals surface area contributed by atoms with Crippen LogP contribution in [0.2, 0.25) is 0 Å². The molecule has 0 bridgehead atoms. The van der Waals surface area contributed by atoms with E-state index in [1.54, 1.807) is 19.3 Å². The fraction of sp³-hybridized carbons (Fsp3) is 0.400. The second-order valence-corrected chi connectivity index (χ2v) is 3.96. The van der Waals surface area contributed by atoms with Crippen molar-refractivity contribution >= 4 is 21.8 Å². The summed E-state index contributed by atoms with van der Waals surface area (Å²) in [5, 5.41) is 3.58. The van der Waals surface area contributed by atoms with Crippen molar-refractivity contribution in [1.82, 2.24) is 9.88 Å². The second kappa shape index (κ2) is 5.70. The number of carbonyl (C=O) groups excluding carboxylic acids is 1. The number of aryl methyl sites for hydroxylation is 1. The van der Waals surface area contributed by atoms with Crippen molar-refractivity contribution in [3.8, 4) is 0 Å². The van der Waals surface area contributed by atoms with E-state index in [4.69, 9.17) is 0 Å². The summed E-state index contributed by atoms with van der Waals surface area (Å²) in [4.78, 5) is 22.8. The maximum absolute atomic E-state index is 11.5. The Hall–Kier alpha value is -1.10. The largest absolute Gasteiger partial charge is 0.352 e. The molecule has 1 rings (SSSR count). The summed E-state index contributed by atoms with van der Waals surface area (Å²) in [5.74, 6) is -0.200. The number of hydrogen-bond donors (Lipinski definition) is 1. The quantitative estimate of drug-likeness (QED) is 0.654. The molecule has 0 aliphatic heterocycles. The predicted octanol–water partition coefficient (Wildman–Crippen LogP) is 0.900. The number of alkyl halides is 1. The van der Waals surface area contributed by atoms with Gasteiger partial charge in [0, 0.05) is 36.7 Å². The van der Waals surface area contributed by atoms with Gasteiger partial charge in [0.1, 0.15) is 0 Å². The van der Waals surface area contributed by atoms with Crippen LogP contribution in [0, 0.1) is 0 Å². The third-order valence-corrected chi connectivity index (χ3v) is 2.52. The van der Waals surface area contributed by atoms with Crippen LogP contribution in [0.15, 0.2) is 23.1 Å². The molecule has 1 aromatic rings. The molecule has 0 atom stereocenters. The highest BCUT2D eigenvalue weighted by molar-refractivity contribution is 9.09. The minimum atomic E-state index is -0.200. The third-order valence-electron chi connectivity index (χ3n) is 1.96. The van der Waals surface area contributed by atoms with Gasteiger partial charge in [-0.05, 0) is 12.5 Å². The number of hydrogen-bond acceptors (Lipinski definition) is 2. The monoisotopic (exact) mass is 272 g/mol. The molecule has 0 saturated carbocycles. The summed E-state index contributed by atoms with van der Waals surface area (Å²) < 4.78 is 1.43. The fourth-order valence-electron chi connectivity index (χ4n) is 1.06. The van der Waals surface area contributed by atoms with Crippen molar-refractivity contribution in [3.05, 3.63) is 34.2 Å². The number of pyridine rings is 1. The highest BCUT2D eigenvalue weighted by Gasteiger charge is 2.05. The van der Waals surface area contributed by atoms with Crippen molar-refractivity contribution in [1.29, 1.82) is 0 Å². The van der Waals surface area contributed by atoms with Crippen LogP contribution in [0.3, 0.4) is 0 Å². The van der Waals surface area contributed by atoms with Gasteiger partial charge in [-0.1, -0.05) is 15.9 Å². The molecule has 0 radical (unpaired) electrons. The van der Waals surface area contributed by atoms with Crippen molar-refractivity contribution < 1.29 is 4.79 Å². The van der Waals surface area contributed by atoms with E-state index < -0.39 is 0 Å². The lowest BCUT2D eigenvalue weighted by Gasteiger charge is -2.04. The van der Waals surface area contributed by atoms with E-state index in [1.807, 2.05) is 0 Å². The SMILES string of the molecule is Cn1ccc(C(=O)NCCCBr)cc1=O. The molecule has 15 heavy (non-hydrogen) atoms. The van der Waals surface area contributed by atoms with Crippen LogP contribution in [0.25, 0.3) is 0 Å². The number of nitrogens with zero attached hydrogens (tertiary/aromatic N) is 1. The average Bonchev–Trinajstić information content (AvgIpc) is 2.22. The Kier molecular flexibility index (Phi) is 4.55. The molecule has 0 aromatic carbocycles. The number of halogens is 1. The Bertz CT molecular complexity index is 401. The van der Waals surface area contributed by atoms with Crippen molar-refractivity contribution in [2.75, 3.05) is 11.9 Å². The number of aromatic nitrogens is 1. The van der Waals surface area contributed by atoms with E-state index in [0.717, 1.165) is 11.8 Å². The molecular weight excluding hydrogens is 260 g/mol. The van der Waals surface area contributed by atoms with Gasteiger partial charge in [-0.2, -0.15) is 0 Å². The maximum atomic E-state index is 11.5. The normalized spacial score (nSPS) is 10.0. The molecule has 82 valence electrons. The standard InChI is InChI=1S/C10H13BrN2O2/c1-13-6-3-8(7-9(13)14)10(15)12-5-2-4-11/h3,6-7H,2,4-5H2,1H3,(H,12,15). The van der Waals surface area contributed by atoms with E-state index in [1.165, 1.54) is 10.6 Å². The molecular formula is C10H13BrN2O2. The molecule has 5 heteroatoms. The van der Waals surface area contributed by atoms with E-state index >= 15 is 0 Å². The van der Waals surface area contributed by atoms with Gasteiger partial charge in [-0.25, -0.2) is 0 Å². The summed E-state index contributed by atoms with van der Waals surface area (Å²) in [6, 6.07) is 2.97. The van der Waals surface area contributed by atoms with Crippen LogP contribution in [-0.2, 0) is 7.05 Å². The van der Waals surface area contributed by atoms with Crippen LogP contribution in [-0.4, -0.2) is 22.3 Å². The van der Waals surface area contributed by atoms with Gasteiger partial charge in [-0.15, -0.1) is 0 Å². The molecule has 4 nitrogen and oxygen atoms in total. The van der Waals surface area contributed by atoms with Gasteiger partial charge in [-0.3, -0.25) is 9.59 Å². The van der Waals surface area contributed by atoms with Gasteiger partial charge in [0.05, 0.1) is 0 Å². The van der Waals surface area contributed by atoms with Gasteiger partial charge in [0.15, 0.2) is 0 Å². The Labute approximate surface area is 96.4 Å². The van der Waals surface area contributed by atoms with Gasteiger partial charge < -0.3 is 9.88 Å². The Balaban J connectivity index is 2.66. The van der Waals surface area contributed by atoms with E-state index in [2.05, 4.69) is 21.2 Å². The molecule has 1 aromatic heterocycles. The first kappa shape index (κ1) is 12.0. The van der Waals surface area contributed by atoms with Crippen LogP contribution in [0.1, 0.15) is 16.8 Å². The fourth-order valence-corrected chi connectivity index (χ4v) is 1.34. The van der Waals surface area contributed by atoms with E-state index in [-0.39, 0.29) is 11.5 Å². The van der Waals surface area contributed by atoms with Gasteiger partial charge in [0.2, 0.25) is 0 Å². The molecule has 1 amide bonds. The molecule has 0 aliphatic rings. The summed E-state index contributed by atoms with van der Waals surface area (Å²) in [7, 11) is 1.65. The van der Waals surface area contributed by atoms with Crippen LogP contribution < -0.4 is 10.9 Å².